The number of aliphatic hydroxyl groups excluding tert-OH is 1. The number of nitrogens with one attached hydrogen (secondary N) is 1. The van der Waals surface area contributed by atoms with Crippen LogP contribution < -0.4 is 5.32 Å². The molecule has 0 aliphatic heterocycles. The zero-order valence-corrected chi connectivity index (χ0v) is 9.50. The van der Waals surface area contributed by atoms with Crippen LogP contribution in [-0.2, 0) is 6.61 Å². The minimum Gasteiger partial charge on any atom is -0.504 e. The predicted octanol–water partition coefficient (Wildman–Crippen LogP) is 1.53. The second-order valence-electron chi connectivity index (χ2n) is 3.68. The lowest BCUT2D eigenvalue weighted by molar-refractivity contribution is 0.102. The third kappa shape index (κ3) is 2.64. The summed E-state index contributed by atoms with van der Waals surface area (Å²) < 4.78 is 0. The maximum Gasteiger partial charge on any atom is 0.256 e. The molecule has 1 aromatic carbocycles. The van der Waals surface area contributed by atoms with Crippen LogP contribution in [0.25, 0.3) is 0 Å². The van der Waals surface area contributed by atoms with E-state index in [1.807, 2.05) is 0 Å². The van der Waals surface area contributed by atoms with E-state index >= 15 is 0 Å². The highest BCUT2D eigenvalue weighted by Crippen LogP contribution is 2.19. The standard InChI is InChI=1S/C13H12N2O3/c16-8-9-3-5-10(6-4-9)13(18)15-12-11(17)2-1-7-14-12/h1-7,16-17H,8H2,(H,14,15,18). The molecular weight excluding hydrogens is 232 g/mol. The first kappa shape index (κ1) is 12.1. The maximum absolute atomic E-state index is 11.8. The SMILES string of the molecule is O=C(Nc1ncccc1O)c1ccc(CO)cc1. The number of hydrogen-bond donors (Lipinski definition) is 3. The van der Waals surface area contributed by atoms with Gasteiger partial charge in [0.2, 0.25) is 0 Å². The number of pyridine rings is 1. The first-order chi connectivity index (χ1) is 8.70. The number of amides is 1. The molecule has 1 amide bonds. The van der Waals surface area contributed by atoms with Crippen molar-refractivity contribution in [2.45, 2.75) is 6.61 Å². The first-order valence-corrected chi connectivity index (χ1v) is 5.36. The van der Waals surface area contributed by atoms with Gasteiger partial charge in [0.05, 0.1) is 6.61 Å². The average Bonchev–Trinajstić information content (AvgIpc) is 2.41. The van der Waals surface area contributed by atoms with Crippen molar-refractivity contribution in [1.29, 1.82) is 0 Å². The van der Waals surface area contributed by atoms with Gasteiger partial charge in [0, 0.05) is 11.8 Å². The lowest BCUT2D eigenvalue weighted by atomic mass is 10.1. The van der Waals surface area contributed by atoms with Crippen molar-refractivity contribution in [1.82, 2.24) is 4.98 Å². The summed E-state index contributed by atoms with van der Waals surface area (Å²) in [5.41, 5.74) is 1.16. The van der Waals surface area contributed by atoms with Gasteiger partial charge in [0.25, 0.3) is 5.91 Å². The molecule has 1 aromatic heterocycles. The fraction of sp³-hybridized carbons (Fsp3) is 0.0769. The molecule has 0 aliphatic rings. The molecule has 0 aliphatic carbocycles. The van der Waals surface area contributed by atoms with E-state index in [-0.39, 0.29) is 24.1 Å². The molecule has 0 atom stereocenters. The minimum absolute atomic E-state index is 0.0665. The van der Waals surface area contributed by atoms with E-state index in [1.54, 1.807) is 30.3 Å². The molecule has 5 heteroatoms. The second kappa shape index (κ2) is 5.29. The van der Waals surface area contributed by atoms with Crippen LogP contribution in [0.5, 0.6) is 5.75 Å². The van der Waals surface area contributed by atoms with Crippen LogP contribution in [-0.4, -0.2) is 21.1 Å². The highest BCUT2D eigenvalue weighted by Gasteiger charge is 2.09. The topological polar surface area (TPSA) is 82.5 Å². The third-order valence-electron chi connectivity index (χ3n) is 2.42. The number of benzene rings is 1. The predicted molar refractivity (Wildman–Crippen MR) is 66.2 cm³/mol. The van der Waals surface area contributed by atoms with Crippen LogP contribution in [0.1, 0.15) is 15.9 Å². The van der Waals surface area contributed by atoms with Crippen molar-refractivity contribution in [3.63, 3.8) is 0 Å². The summed E-state index contributed by atoms with van der Waals surface area (Å²) in [4.78, 5) is 15.7. The van der Waals surface area contributed by atoms with Crippen molar-refractivity contribution in [3.8, 4) is 5.75 Å². The van der Waals surface area contributed by atoms with Gasteiger partial charge in [-0.2, -0.15) is 0 Å². The van der Waals surface area contributed by atoms with Gasteiger partial charge < -0.3 is 15.5 Å². The molecule has 92 valence electrons. The van der Waals surface area contributed by atoms with Crippen LogP contribution in [0.2, 0.25) is 0 Å². The summed E-state index contributed by atoms with van der Waals surface area (Å²) in [6.07, 6.45) is 1.48. The summed E-state index contributed by atoms with van der Waals surface area (Å²) in [7, 11) is 0. The number of carbonyl (C=O) groups excluding carboxylic acids is 1. The molecular formula is C13H12N2O3. The molecule has 2 rings (SSSR count). The molecule has 3 N–H and O–H groups in total. The van der Waals surface area contributed by atoms with Gasteiger partial charge in [0.15, 0.2) is 11.6 Å². The number of aromatic nitrogens is 1. The lowest BCUT2D eigenvalue weighted by Gasteiger charge is -2.06. The number of nitrogens with zero attached hydrogens (tertiary/aromatic N) is 1. The van der Waals surface area contributed by atoms with Gasteiger partial charge in [-0.25, -0.2) is 4.98 Å². The quantitative estimate of drug-likeness (QED) is 0.764. The van der Waals surface area contributed by atoms with Crippen LogP contribution >= 0.6 is 0 Å². The smallest absolute Gasteiger partial charge is 0.256 e. The van der Waals surface area contributed by atoms with E-state index in [4.69, 9.17) is 5.11 Å². The van der Waals surface area contributed by atoms with Crippen molar-refractivity contribution < 1.29 is 15.0 Å². The van der Waals surface area contributed by atoms with Crippen molar-refractivity contribution in [2.24, 2.45) is 0 Å². The number of aliphatic hydroxyl groups is 1. The summed E-state index contributed by atoms with van der Waals surface area (Å²) >= 11 is 0. The molecule has 1 heterocycles. The molecule has 0 fully saturated rings. The lowest BCUT2D eigenvalue weighted by Crippen LogP contribution is -2.12. The van der Waals surface area contributed by atoms with E-state index < -0.39 is 0 Å². The molecule has 0 spiro atoms. The fourth-order valence-corrected chi connectivity index (χ4v) is 1.43. The van der Waals surface area contributed by atoms with Crippen molar-refractivity contribution >= 4 is 11.7 Å². The van der Waals surface area contributed by atoms with Gasteiger partial charge in [-0.1, -0.05) is 12.1 Å². The van der Waals surface area contributed by atoms with Gasteiger partial charge in [0.1, 0.15) is 0 Å². The number of hydrogen-bond acceptors (Lipinski definition) is 4. The highest BCUT2D eigenvalue weighted by molar-refractivity contribution is 6.04. The molecule has 18 heavy (non-hydrogen) atoms. The summed E-state index contributed by atoms with van der Waals surface area (Å²) in [6.45, 7) is -0.0665. The zero-order valence-electron chi connectivity index (χ0n) is 9.50. The Kier molecular flexibility index (Phi) is 3.54. The van der Waals surface area contributed by atoms with Gasteiger partial charge in [-0.3, -0.25) is 4.79 Å². The summed E-state index contributed by atoms with van der Waals surface area (Å²) in [5.74, 6) is -0.333. The molecule has 0 unspecified atom stereocenters. The van der Waals surface area contributed by atoms with E-state index in [9.17, 15) is 9.90 Å². The van der Waals surface area contributed by atoms with Crippen molar-refractivity contribution in [3.05, 3.63) is 53.7 Å². The fourth-order valence-electron chi connectivity index (χ4n) is 1.43. The van der Waals surface area contributed by atoms with Crippen LogP contribution in [0.15, 0.2) is 42.6 Å². The number of aromatic hydroxyl groups is 1. The first-order valence-electron chi connectivity index (χ1n) is 5.36. The zero-order chi connectivity index (χ0) is 13.0. The summed E-state index contributed by atoms with van der Waals surface area (Å²) in [6, 6.07) is 9.53. The minimum atomic E-state index is -0.367. The second-order valence-corrected chi connectivity index (χ2v) is 3.68. The highest BCUT2D eigenvalue weighted by atomic mass is 16.3. The van der Waals surface area contributed by atoms with Gasteiger partial charge in [-0.05, 0) is 29.8 Å². The number of rotatable bonds is 3. The Morgan fingerprint density at radius 2 is 1.94 bits per heavy atom. The Morgan fingerprint density at radius 1 is 1.22 bits per heavy atom. The van der Waals surface area contributed by atoms with E-state index in [0.29, 0.717) is 5.56 Å². The largest absolute Gasteiger partial charge is 0.504 e. The Hall–Kier alpha value is -2.40. The monoisotopic (exact) mass is 244 g/mol. The van der Waals surface area contributed by atoms with E-state index in [1.165, 1.54) is 12.3 Å². The molecule has 0 radical (unpaired) electrons. The Balaban J connectivity index is 2.14. The van der Waals surface area contributed by atoms with Gasteiger partial charge >= 0.3 is 0 Å². The average molecular weight is 244 g/mol. The summed E-state index contributed by atoms with van der Waals surface area (Å²) in [5, 5.41) is 20.9. The van der Waals surface area contributed by atoms with Crippen LogP contribution in [0, 0.1) is 0 Å². The Morgan fingerprint density at radius 3 is 2.56 bits per heavy atom. The third-order valence-corrected chi connectivity index (χ3v) is 2.42. The molecule has 2 aromatic rings. The molecule has 5 nitrogen and oxygen atoms in total. The number of anilines is 1. The van der Waals surface area contributed by atoms with Crippen molar-refractivity contribution in [2.75, 3.05) is 5.32 Å². The van der Waals surface area contributed by atoms with E-state index in [2.05, 4.69) is 10.3 Å². The van der Waals surface area contributed by atoms with Crippen LogP contribution in [0.4, 0.5) is 5.82 Å². The molecule has 0 saturated heterocycles. The number of carbonyl (C=O) groups is 1. The Bertz CT molecular complexity index is 552. The maximum atomic E-state index is 11.8. The molecule has 0 saturated carbocycles. The normalized spacial score (nSPS) is 10.1. The van der Waals surface area contributed by atoms with Crippen LogP contribution in [0.3, 0.4) is 0 Å². The van der Waals surface area contributed by atoms with Gasteiger partial charge in [-0.15, -0.1) is 0 Å². The molecule has 0 bridgehead atoms. The van der Waals surface area contributed by atoms with E-state index in [0.717, 1.165) is 5.56 Å². The Labute approximate surface area is 104 Å².